The molecule has 4 rings (SSSR count). The van der Waals surface area contributed by atoms with Crippen molar-refractivity contribution >= 4 is 11.8 Å². The van der Waals surface area contributed by atoms with Gasteiger partial charge >= 0.3 is 0 Å². The van der Waals surface area contributed by atoms with Crippen molar-refractivity contribution in [1.29, 1.82) is 0 Å². The summed E-state index contributed by atoms with van der Waals surface area (Å²) in [7, 11) is 0. The van der Waals surface area contributed by atoms with Crippen molar-refractivity contribution in [3.05, 3.63) is 70.8 Å². The molecule has 0 radical (unpaired) electrons. The Labute approximate surface area is 179 Å². The summed E-state index contributed by atoms with van der Waals surface area (Å²) in [6, 6.07) is 16.1. The first kappa shape index (κ1) is 20.6. The van der Waals surface area contributed by atoms with Crippen LogP contribution in [0.25, 0.3) is 0 Å². The second-order valence-electron chi connectivity index (χ2n) is 8.89. The molecular weight excluding hydrogens is 372 g/mol. The molecule has 4 heteroatoms. The number of carbonyl (C=O) groups excluding carboxylic acids is 2. The summed E-state index contributed by atoms with van der Waals surface area (Å²) in [6.45, 7) is 3.54. The minimum absolute atomic E-state index is 0.0344. The summed E-state index contributed by atoms with van der Waals surface area (Å²) >= 11 is 0. The molecule has 1 N–H and O–H groups in total. The number of amides is 2. The standard InChI is InChI=1S/C26H32N2O2/c1-19-12-14-20(15-13-19)26(30)28-16-6-9-23(18-28)21-7-5-8-22(17-21)25(29)27-24-10-3-2-4-11-24/h5,7-8,12-15,17,23-24H,2-4,6,9-11,16,18H2,1H3,(H,27,29)/t23-/m0/s1. The van der Waals surface area contributed by atoms with Gasteiger partial charge in [0.15, 0.2) is 0 Å². The topological polar surface area (TPSA) is 49.4 Å². The van der Waals surface area contributed by atoms with Crippen molar-refractivity contribution in [2.24, 2.45) is 0 Å². The van der Waals surface area contributed by atoms with Crippen molar-refractivity contribution < 1.29 is 9.59 Å². The van der Waals surface area contributed by atoms with E-state index in [1.807, 2.05) is 54.3 Å². The number of hydrogen-bond donors (Lipinski definition) is 1. The highest BCUT2D eigenvalue weighted by atomic mass is 16.2. The third-order valence-corrected chi connectivity index (χ3v) is 6.57. The number of piperidine rings is 1. The van der Waals surface area contributed by atoms with E-state index in [1.165, 1.54) is 19.3 Å². The molecule has 30 heavy (non-hydrogen) atoms. The molecule has 1 heterocycles. The zero-order valence-electron chi connectivity index (χ0n) is 17.9. The molecule has 0 spiro atoms. The first-order chi connectivity index (χ1) is 14.6. The van der Waals surface area contributed by atoms with Crippen molar-refractivity contribution in [3.63, 3.8) is 0 Å². The average molecular weight is 405 g/mol. The van der Waals surface area contributed by atoms with E-state index in [0.717, 1.165) is 54.5 Å². The Morgan fingerprint density at radius 1 is 0.900 bits per heavy atom. The lowest BCUT2D eigenvalue weighted by molar-refractivity contribution is 0.0706. The van der Waals surface area contributed by atoms with Crippen molar-refractivity contribution in [2.45, 2.75) is 63.8 Å². The van der Waals surface area contributed by atoms with E-state index in [4.69, 9.17) is 0 Å². The molecule has 1 atom stereocenters. The number of carbonyl (C=O) groups is 2. The van der Waals surface area contributed by atoms with E-state index in [-0.39, 0.29) is 17.7 Å². The quantitative estimate of drug-likeness (QED) is 0.773. The van der Waals surface area contributed by atoms with Gasteiger partial charge in [-0.3, -0.25) is 9.59 Å². The highest BCUT2D eigenvalue weighted by Crippen LogP contribution is 2.28. The van der Waals surface area contributed by atoms with Gasteiger partial charge in [-0.15, -0.1) is 0 Å². The Morgan fingerprint density at radius 2 is 1.67 bits per heavy atom. The number of hydrogen-bond acceptors (Lipinski definition) is 2. The average Bonchev–Trinajstić information content (AvgIpc) is 2.80. The summed E-state index contributed by atoms with van der Waals surface area (Å²) in [5.74, 6) is 0.411. The predicted molar refractivity (Wildman–Crippen MR) is 120 cm³/mol. The monoisotopic (exact) mass is 404 g/mol. The van der Waals surface area contributed by atoms with Crippen LogP contribution in [0.4, 0.5) is 0 Å². The van der Waals surface area contributed by atoms with Gasteiger partial charge in [-0.1, -0.05) is 49.1 Å². The number of aryl methyl sites for hydroxylation is 1. The predicted octanol–water partition coefficient (Wildman–Crippen LogP) is 5.08. The maximum Gasteiger partial charge on any atom is 0.253 e. The number of rotatable bonds is 4. The summed E-state index contributed by atoms with van der Waals surface area (Å²) in [5, 5.41) is 3.21. The summed E-state index contributed by atoms with van der Waals surface area (Å²) in [6.07, 6.45) is 7.90. The van der Waals surface area contributed by atoms with Crippen LogP contribution in [0.15, 0.2) is 48.5 Å². The van der Waals surface area contributed by atoms with E-state index in [9.17, 15) is 9.59 Å². The third-order valence-electron chi connectivity index (χ3n) is 6.57. The van der Waals surface area contributed by atoms with Crippen LogP contribution in [0.3, 0.4) is 0 Å². The zero-order chi connectivity index (χ0) is 20.9. The Morgan fingerprint density at radius 3 is 2.43 bits per heavy atom. The van der Waals surface area contributed by atoms with Crippen LogP contribution in [0.2, 0.25) is 0 Å². The van der Waals surface area contributed by atoms with Crippen molar-refractivity contribution in [3.8, 4) is 0 Å². The lowest BCUT2D eigenvalue weighted by atomic mass is 9.89. The minimum Gasteiger partial charge on any atom is -0.349 e. The number of nitrogens with zero attached hydrogens (tertiary/aromatic N) is 1. The molecule has 158 valence electrons. The molecule has 2 aromatic carbocycles. The molecule has 0 bridgehead atoms. The number of likely N-dealkylation sites (tertiary alicyclic amines) is 1. The smallest absolute Gasteiger partial charge is 0.253 e. The lowest BCUT2D eigenvalue weighted by Crippen LogP contribution is -2.39. The molecule has 1 saturated carbocycles. The minimum atomic E-state index is 0.0344. The van der Waals surface area contributed by atoms with Crippen LogP contribution in [0.1, 0.15) is 82.7 Å². The fourth-order valence-corrected chi connectivity index (χ4v) is 4.76. The fourth-order valence-electron chi connectivity index (χ4n) is 4.76. The summed E-state index contributed by atoms with van der Waals surface area (Å²) in [4.78, 5) is 27.7. The zero-order valence-corrected chi connectivity index (χ0v) is 17.9. The summed E-state index contributed by atoms with van der Waals surface area (Å²) in [5.41, 5.74) is 3.81. The van der Waals surface area contributed by atoms with Crippen LogP contribution in [-0.4, -0.2) is 35.8 Å². The van der Waals surface area contributed by atoms with Crippen molar-refractivity contribution in [2.75, 3.05) is 13.1 Å². The number of nitrogens with one attached hydrogen (secondary N) is 1. The van der Waals surface area contributed by atoms with Gasteiger partial charge in [-0.25, -0.2) is 0 Å². The largest absolute Gasteiger partial charge is 0.349 e. The van der Waals surface area contributed by atoms with E-state index in [0.29, 0.717) is 12.6 Å². The first-order valence-electron chi connectivity index (χ1n) is 11.4. The molecule has 2 fully saturated rings. The van der Waals surface area contributed by atoms with Gasteiger partial charge in [0.1, 0.15) is 0 Å². The molecule has 4 nitrogen and oxygen atoms in total. The highest BCUT2D eigenvalue weighted by molar-refractivity contribution is 5.95. The Kier molecular flexibility index (Phi) is 6.51. The van der Waals surface area contributed by atoms with Gasteiger partial charge < -0.3 is 10.2 Å². The molecule has 1 saturated heterocycles. The third kappa shape index (κ3) is 4.92. The summed E-state index contributed by atoms with van der Waals surface area (Å²) < 4.78 is 0. The van der Waals surface area contributed by atoms with Gasteiger partial charge in [0.05, 0.1) is 0 Å². The van der Waals surface area contributed by atoms with E-state index in [1.54, 1.807) is 0 Å². The van der Waals surface area contributed by atoms with E-state index < -0.39 is 0 Å². The Hall–Kier alpha value is -2.62. The van der Waals surface area contributed by atoms with Gasteiger partial charge in [0, 0.05) is 36.2 Å². The SMILES string of the molecule is Cc1ccc(C(=O)N2CCC[C@H](c3cccc(C(=O)NC4CCCCC4)c3)C2)cc1. The van der Waals surface area contributed by atoms with Crippen LogP contribution < -0.4 is 5.32 Å². The van der Waals surface area contributed by atoms with E-state index in [2.05, 4.69) is 11.4 Å². The molecule has 0 aromatic heterocycles. The van der Waals surface area contributed by atoms with Gasteiger partial charge in [-0.05, 0) is 62.4 Å². The maximum absolute atomic E-state index is 12.9. The molecular formula is C26H32N2O2. The van der Waals surface area contributed by atoms with Crippen LogP contribution in [0, 0.1) is 6.92 Å². The maximum atomic E-state index is 12.9. The molecule has 0 unspecified atom stereocenters. The fraction of sp³-hybridized carbons (Fsp3) is 0.462. The first-order valence-corrected chi connectivity index (χ1v) is 11.4. The Bertz CT molecular complexity index is 884. The highest BCUT2D eigenvalue weighted by Gasteiger charge is 2.26. The van der Waals surface area contributed by atoms with Gasteiger partial charge in [0.2, 0.25) is 0 Å². The second-order valence-corrected chi connectivity index (χ2v) is 8.89. The second kappa shape index (κ2) is 9.46. The molecule has 2 aliphatic rings. The molecule has 2 amide bonds. The van der Waals surface area contributed by atoms with E-state index >= 15 is 0 Å². The van der Waals surface area contributed by atoms with Crippen LogP contribution >= 0.6 is 0 Å². The van der Waals surface area contributed by atoms with Crippen molar-refractivity contribution in [1.82, 2.24) is 10.2 Å². The molecule has 1 aliphatic heterocycles. The Balaban J connectivity index is 1.43. The van der Waals surface area contributed by atoms with Crippen LogP contribution in [0.5, 0.6) is 0 Å². The number of benzene rings is 2. The normalized spacial score (nSPS) is 20.0. The lowest BCUT2D eigenvalue weighted by Gasteiger charge is -2.33. The molecule has 1 aliphatic carbocycles. The van der Waals surface area contributed by atoms with Gasteiger partial charge in [-0.2, -0.15) is 0 Å². The molecule has 2 aromatic rings. The van der Waals surface area contributed by atoms with Gasteiger partial charge in [0.25, 0.3) is 11.8 Å². The van der Waals surface area contributed by atoms with Crippen LogP contribution in [-0.2, 0) is 0 Å².